The van der Waals surface area contributed by atoms with E-state index in [-0.39, 0.29) is 0 Å². The first-order chi connectivity index (χ1) is 31.6. The average molecular weight is 833 g/mol. The number of nitrogens with zero attached hydrogens (tertiary/aromatic N) is 4. The molecule has 0 bridgehead atoms. The Hall–Kier alpha value is -8.12. The van der Waals surface area contributed by atoms with E-state index in [2.05, 4.69) is 241 Å². The van der Waals surface area contributed by atoms with E-state index in [4.69, 9.17) is 9.97 Å². The van der Waals surface area contributed by atoms with Crippen LogP contribution >= 0.6 is 0 Å². The first-order valence-corrected chi connectivity index (χ1v) is 24.0. The van der Waals surface area contributed by atoms with Crippen molar-refractivity contribution in [2.45, 2.75) is 6.92 Å². The van der Waals surface area contributed by atoms with E-state index in [1.165, 1.54) is 59.2 Å². The maximum Gasteiger partial charge on any atom is 0.235 e. The van der Waals surface area contributed by atoms with E-state index in [1.54, 1.807) is 0 Å². The monoisotopic (exact) mass is 832 g/mol. The molecular formula is C59H40N4Si. The lowest BCUT2D eigenvalue weighted by molar-refractivity contribution is 1.09. The maximum atomic E-state index is 5.50. The van der Waals surface area contributed by atoms with Crippen LogP contribution in [0, 0.1) is 6.92 Å². The van der Waals surface area contributed by atoms with Gasteiger partial charge in [0.25, 0.3) is 0 Å². The summed E-state index contributed by atoms with van der Waals surface area (Å²) in [5.41, 5.74) is 15.8. The molecule has 9 aromatic carbocycles. The lowest BCUT2D eigenvalue weighted by Crippen LogP contribution is -2.75. The van der Waals surface area contributed by atoms with Gasteiger partial charge in [0.15, 0.2) is 8.07 Å². The SMILES string of the molecule is Cc1ccc(-n2c3ccccc3c3cc(-c4ccc5c(c4)N(c4nc(-c6ccccc6)cc(-c6ccccc6)n4)c4ccccc4[Si]54c5ccccc5-c5ccccc54)ccc32)cc1. The Morgan fingerprint density at radius 3 is 1.59 bits per heavy atom. The molecule has 5 heteroatoms. The van der Waals surface area contributed by atoms with Crippen molar-refractivity contribution in [3.8, 4) is 50.5 Å². The van der Waals surface area contributed by atoms with Crippen LogP contribution in [0.4, 0.5) is 17.3 Å². The second-order valence-corrected chi connectivity index (χ2v) is 20.7. The standard InChI is InChI=1S/C59H40N4Si/c1-39-28-32-44(33-29-39)62-51-23-11-8-20-45(51)48-36-42(30-34-52(48)62)43-31-35-58-54(37-43)63(59-60-49(40-16-4-2-5-17-40)38-50(61-59)41-18-6-3-7-19-41)53-24-12-15-27-57(53)64(58)55-25-13-9-21-46(55)47-22-10-14-26-56(47)64/h2-38H,1H3. The van der Waals surface area contributed by atoms with E-state index < -0.39 is 8.07 Å². The number of fused-ring (bicyclic) bond motifs is 12. The molecule has 0 radical (unpaired) electrons. The number of aryl methyl sites for hydroxylation is 1. The van der Waals surface area contributed by atoms with E-state index in [9.17, 15) is 0 Å². The number of para-hydroxylation sites is 2. The molecule has 4 nitrogen and oxygen atoms in total. The van der Waals surface area contributed by atoms with Crippen molar-refractivity contribution in [1.29, 1.82) is 0 Å². The van der Waals surface area contributed by atoms with Gasteiger partial charge in [-0.2, -0.15) is 0 Å². The highest BCUT2D eigenvalue weighted by molar-refractivity contribution is 7.23. The molecule has 300 valence electrons. The Balaban J connectivity index is 1.10. The molecule has 1 spiro atoms. The van der Waals surface area contributed by atoms with Gasteiger partial charge in [0.1, 0.15) is 0 Å². The molecule has 0 atom stereocenters. The fourth-order valence-corrected chi connectivity index (χ4v) is 16.2. The van der Waals surface area contributed by atoms with Crippen molar-refractivity contribution >= 4 is 67.9 Å². The predicted octanol–water partition coefficient (Wildman–Crippen LogP) is 12.0. The molecule has 11 aromatic rings. The average Bonchev–Trinajstić information content (AvgIpc) is 3.85. The molecule has 0 saturated carbocycles. The van der Waals surface area contributed by atoms with Gasteiger partial charge in [-0.3, -0.25) is 4.90 Å². The van der Waals surface area contributed by atoms with E-state index in [0.717, 1.165) is 50.7 Å². The van der Waals surface area contributed by atoms with Gasteiger partial charge < -0.3 is 4.57 Å². The summed E-state index contributed by atoms with van der Waals surface area (Å²) in [5, 5.41) is 7.98. The van der Waals surface area contributed by atoms with Gasteiger partial charge in [0.2, 0.25) is 5.95 Å². The van der Waals surface area contributed by atoms with Crippen LogP contribution in [-0.4, -0.2) is 22.6 Å². The highest BCUT2D eigenvalue weighted by Gasteiger charge is 2.54. The Morgan fingerprint density at radius 2 is 0.906 bits per heavy atom. The molecule has 2 aliphatic heterocycles. The first-order valence-electron chi connectivity index (χ1n) is 22.0. The quantitative estimate of drug-likeness (QED) is 0.162. The summed E-state index contributed by atoms with van der Waals surface area (Å²) in [6, 6.07) is 82.2. The lowest BCUT2D eigenvalue weighted by atomic mass is 10.0. The molecule has 0 amide bonds. The second-order valence-electron chi connectivity index (χ2n) is 17.0. The molecule has 4 heterocycles. The second kappa shape index (κ2) is 14.2. The largest absolute Gasteiger partial charge is 0.309 e. The van der Waals surface area contributed by atoms with Crippen LogP contribution in [-0.2, 0) is 0 Å². The molecule has 2 aromatic heterocycles. The zero-order chi connectivity index (χ0) is 42.4. The van der Waals surface area contributed by atoms with Crippen LogP contribution in [0.5, 0.6) is 0 Å². The van der Waals surface area contributed by atoms with E-state index in [1.807, 2.05) is 0 Å². The van der Waals surface area contributed by atoms with Crippen LogP contribution in [0.15, 0.2) is 224 Å². The predicted molar refractivity (Wildman–Crippen MR) is 268 cm³/mol. The van der Waals surface area contributed by atoms with Crippen LogP contribution in [0.2, 0.25) is 0 Å². The molecule has 0 fully saturated rings. The number of benzene rings is 9. The minimum atomic E-state index is -2.87. The van der Waals surface area contributed by atoms with Gasteiger partial charge in [0.05, 0.1) is 28.1 Å². The Bertz CT molecular complexity index is 3530. The van der Waals surface area contributed by atoms with Gasteiger partial charge in [-0.05, 0) is 98.5 Å². The van der Waals surface area contributed by atoms with E-state index in [0.29, 0.717) is 5.95 Å². The third-order valence-electron chi connectivity index (χ3n) is 13.5. The molecule has 0 aliphatic carbocycles. The minimum absolute atomic E-state index is 0.645. The molecule has 2 aliphatic rings. The van der Waals surface area contributed by atoms with Crippen molar-refractivity contribution in [2.24, 2.45) is 0 Å². The highest BCUT2D eigenvalue weighted by atomic mass is 28.3. The molecular weight excluding hydrogens is 793 g/mol. The van der Waals surface area contributed by atoms with Crippen LogP contribution < -0.4 is 25.6 Å². The molecule has 0 saturated heterocycles. The smallest absolute Gasteiger partial charge is 0.235 e. The van der Waals surface area contributed by atoms with Crippen molar-refractivity contribution < 1.29 is 0 Å². The molecule has 0 N–H and O–H groups in total. The fraction of sp³-hybridized carbons (Fsp3) is 0.0169. The van der Waals surface area contributed by atoms with Crippen molar-refractivity contribution in [3.05, 3.63) is 230 Å². The normalized spacial score (nSPS) is 13.2. The van der Waals surface area contributed by atoms with Crippen molar-refractivity contribution in [1.82, 2.24) is 14.5 Å². The summed E-state index contributed by atoms with van der Waals surface area (Å²) in [5.74, 6) is 0.645. The maximum absolute atomic E-state index is 5.50. The van der Waals surface area contributed by atoms with Gasteiger partial charge >= 0.3 is 0 Å². The third-order valence-corrected chi connectivity index (χ3v) is 18.4. The Morgan fingerprint density at radius 1 is 0.375 bits per heavy atom. The summed E-state index contributed by atoms with van der Waals surface area (Å²) in [4.78, 5) is 13.4. The summed E-state index contributed by atoms with van der Waals surface area (Å²) in [7, 11) is -2.87. The topological polar surface area (TPSA) is 34.0 Å². The minimum Gasteiger partial charge on any atom is -0.309 e. The van der Waals surface area contributed by atoms with Gasteiger partial charge in [0, 0.05) is 33.3 Å². The summed E-state index contributed by atoms with van der Waals surface area (Å²) in [6.07, 6.45) is 0. The number of hydrogen-bond acceptors (Lipinski definition) is 3. The molecule has 13 rings (SSSR count). The van der Waals surface area contributed by atoms with Gasteiger partial charge in [-0.1, -0.05) is 181 Å². The third kappa shape index (κ3) is 5.35. The number of anilines is 3. The summed E-state index contributed by atoms with van der Waals surface area (Å²) >= 11 is 0. The number of aromatic nitrogens is 3. The van der Waals surface area contributed by atoms with E-state index >= 15 is 0 Å². The Labute approximate surface area is 373 Å². The van der Waals surface area contributed by atoms with Gasteiger partial charge in [-0.15, -0.1) is 0 Å². The van der Waals surface area contributed by atoms with Crippen LogP contribution in [0.1, 0.15) is 5.56 Å². The molecule has 0 unspecified atom stereocenters. The van der Waals surface area contributed by atoms with Crippen LogP contribution in [0.3, 0.4) is 0 Å². The molecule has 64 heavy (non-hydrogen) atoms. The fourth-order valence-electron chi connectivity index (χ4n) is 10.7. The Kier molecular flexibility index (Phi) is 8.11. The zero-order valence-corrected chi connectivity index (χ0v) is 36.2. The summed E-state index contributed by atoms with van der Waals surface area (Å²) < 4.78 is 2.39. The van der Waals surface area contributed by atoms with Crippen molar-refractivity contribution in [2.75, 3.05) is 4.90 Å². The lowest BCUT2D eigenvalue weighted by Gasteiger charge is -2.43. The highest BCUT2D eigenvalue weighted by Crippen LogP contribution is 2.43. The zero-order valence-electron chi connectivity index (χ0n) is 35.2. The summed E-state index contributed by atoms with van der Waals surface area (Å²) in [6.45, 7) is 2.14. The van der Waals surface area contributed by atoms with Crippen molar-refractivity contribution in [3.63, 3.8) is 0 Å². The number of rotatable bonds is 5. The number of hydrogen-bond donors (Lipinski definition) is 0. The van der Waals surface area contributed by atoms with Gasteiger partial charge in [-0.25, -0.2) is 9.97 Å². The van der Waals surface area contributed by atoms with Crippen LogP contribution in [0.25, 0.3) is 72.3 Å². The first kappa shape index (κ1) is 36.5.